The van der Waals surface area contributed by atoms with Crippen LogP contribution in [-0.2, 0) is 11.3 Å². The fourth-order valence-corrected chi connectivity index (χ4v) is 3.44. The van der Waals surface area contributed by atoms with Gasteiger partial charge in [-0.25, -0.2) is 9.98 Å². The van der Waals surface area contributed by atoms with Crippen LogP contribution in [0.25, 0.3) is 0 Å². The Morgan fingerprint density at radius 3 is 2.72 bits per heavy atom. The Bertz CT molecular complexity index is 896. The van der Waals surface area contributed by atoms with Gasteiger partial charge in [-0.15, -0.1) is 0 Å². The number of aliphatic imine (C=N–C) groups is 2. The maximum absolute atomic E-state index is 10.8. The molecule has 0 unspecified atom stereocenters. The Hall–Kier alpha value is -2.48. The maximum atomic E-state index is 10.8. The number of carbonyl (C=O) groups excluding carboxylic acids is 1. The Labute approximate surface area is 180 Å². The van der Waals surface area contributed by atoms with Gasteiger partial charge in [-0.2, -0.15) is 0 Å². The first-order valence-electron chi connectivity index (χ1n) is 9.16. The van der Waals surface area contributed by atoms with E-state index < -0.39 is 0 Å². The molecule has 3 rings (SSSR count). The summed E-state index contributed by atoms with van der Waals surface area (Å²) in [6, 6.07) is 9.04. The van der Waals surface area contributed by atoms with Gasteiger partial charge in [0.25, 0.3) is 0 Å². The van der Waals surface area contributed by atoms with Gasteiger partial charge in [0.2, 0.25) is 6.41 Å². The van der Waals surface area contributed by atoms with E-state index in [1.165, 1.54) is 0 Å². The number of aromatic nitrogens is 1. The summed E-state index contributed by atoms with van der Waals surface area (Å²) in [5.74, 6) is 1.16. The molecule has 1 aliphatic heterocycles. The number of benzene rings is 1. The molecule has 0 spiro atoms. The van der Waals surface area contributed by atoms with Gasteiger partial charge < -0.3 is 10.2 Å². The van der Waals surface area contributed by atoms with Crippen molar-refractivity contribution in [3.05, 3.63) is 57.7 Å². The number of amidine groups is 1. The molecule has 1 aromatic heterocycles. The van der Waals surface area contributed by atoms with E-state index >= 15 is 0 Å². The van der Waals surface area contributed by atoms with Crippen molar-refractivity contribution in [1.82, 2.24) is 14.8 Å². The summed E-state index contributed by atoms with van der Waals surface area (Å²) < 4.78 is 0. The molecule has 0 atom stereocenters. The number of carbonyl (C=O) groups is 1. The van der Waals surface area contributed by atoms with Crippen molar-refractivity contribution in [2.45, 2.75) is 6.54 Å². The molecule has 1 fully saturated rings. The smallest absolute Gasteiger partial charge is 0.209 e. The highest BCUT2D eigenvalue weighted by molar-refractivity contribution is 6.35. The molecule has 152 valence electrons. The van der Waals surface area contributed by atoms with Gasteiger partial charge in [-0.3, -0.25) is 14.7 Å². The largest absolute Gasteiger partial charge is 0.357 e. The van der Waals surface area contributed by atoms with E-state index in [9.17, 15) is 4.79 Å². The summed E-state index contributed by atoms with van der Waals surface area (Å²) in [5, 5.41) is 4.48. The number of rotatable bonds is 7. The molecule has 29 heavy (non-hydrogen) atoms. The molecule has 1 saturated heterocycles. The first-order valence-corrected chi connectivity index (χ1v) is 9.92. The molecule has 0 saturated carbocycles. The Morgan fingerprint density at radius 2 is 2.03 bits per heavy atom. The van der Waals surface area contributed by atoms with Crippen LogP contribution in [0.3, 0.4) is 0 Å². The first kappa shape index (κ1) is 21.2. The van der Waals surface area contributed by atoms with E-state index in [2.05, 4.69) is 31.9 Å². The highest BCUT2D eigenvalue weighted by atomic mass is 35.5. The fourth-order valence-electron chi connectivity index (χ4n) is 2.97. The monoisotopic (exact) mass is 432 g/mol. The van der Waals surface area contributed by atoms with Crippen molar-refractivity contribution < 1.29 is 4.79 Å². The third kappa shape index (κ3) is 5.76. The first-order chi connectivity index (χ1) is 14.1. The zero-order valence-corrected chi connectivity index (χ0v) is 17.4. The lowest BCUT2D eigenvalue weighted by Gasteiger charge is -2.32. The van der Waals surface area contributed by atoms with Crippen LogP contribution in [0.5, 0.6) is 0 Å². The molecule has 2 heterocycles. The van der Waals surface area contributed by atoms with Crippen LogP contribution in [-0.4, -0.2) is 66.6 Å². The predicted octanol–water partition coefficient (Wildman–Crippen LogP) is 3.18. The molecular formula is C20H22Cl2N6O. The van der Waals surface area contributed by atoms with E-state index in [-0.39, 0.29) is 0 Å². The second-order valence-electron chi connectivity index (χ2n) is 6.53. The molecular weight excluding hydrogens is 411 g/mol. The second kappa shape index (κ2) is 10.3. The van der Waals surface area contributed by atoms with E-state index in [4.69, 9.17) is 23.2 Å². The van der Waals surface area contributed by atoms with Crippen LogP contribution < -0.4 is 5.32 Å². The highest BCUT2D eigenvalue weighted by Crippen LogP contribution is 2.22. The molecule has 1 amide bonds. The van der Waals surface area contributed by atoms with Crippen molar-refractivity contribution in [3.8, 4) is 0 Å². The van der Waals surface area contributed by atoms with E-state index in [0.717, 1.165) is 43.7 Å². The lowest BCUT2D eigenvalue weighted by atomic mass is 10.2. The van der Waals surface area contributed by atoms with Crippen molar-refractivity contribution in [2.75, 3.05) is 38.2 Å². The highest BCUT2D eigenvalue weighted by Gasteiger charge is 2.16. The maximum Gasteiger partial charge on any atom is 0.209 e. The third-order valence-electron chi connectivity index (χ3n) is 4.64. The van der Waals surface area contributed by atoms with E-state index in [1.807, 2.05) is 18.2 Å². The van der Waals surface area contributed by atoms with Crippen LogP contribution in [0.15, 0.2) is 46.5 Å². The van der Waals surface area contributed by atoms with Crippen LogP contribution in [0.1, 0.15) is 11.1 Å². The average molecular weight is 433 g/mol. The van der Waals surface area contributed by atoms with Crippen LogP contribution in [0.4, 0.5) is 5.82 Å². The molecule has 0 radical (unpaired) electrons. The number of anilines is 1. The summed E-state index contributed by atoms with van der Waals surface area (Å²) in [6.07, 6.45) is 2.61. The topological polar surface area (TPSA) is 73.2 Å². The molecule has 1 N–H and O–H groups in total. The van der Waals surface area contributed by atoms with Crippen LogP contribution in [0, 0.1) is 0 Å². The summed E-state index contributed by atoms with van der Waals surface area (Å²) >= 11 is 12.2. The summed E-state index contributed by atoms with van der Waals surface area (Å²) in [7, 11) is 0. The van der Waals surface area contributed by atoms with Gasteiger partial charge in [0, 0.05) is 42.4 Å². The SMILES string of the molecule is C=NC(=NCc1ccc(Cl)cc1Cl)c1cccnc1NCN1CCN(C=O)CC1. The average Bonchev–Trinajstić information content (AvgIpc) is 2.75. The Balaban J connectivity index is 1.70. The lowest BCUT2D eigenvalue weighted by molar-refractivity contribution is -0.119. The van der Waals surface area contributed by atoms with E-state index in [1.54, 1.807) is 23.2 Å². The second-order valence-corrected chi connectivity index (χ2v) is 7.37. The molecule has 1 aromatic carbocycles. The molecule has 0 bridgehead atoms. The van der Waals surface area contributed by atoms with Crippen molar-refractivity contribution in [2.24, 2.45) is 9.98 Å². The fraction of sp³-hybridized carbons (Fsp3) is 0.300. The predicted molar refractivity (Wildman–Crippen MR) is 118 cm³/mol. The Kier molecular flexibility index (Phi) is 7.57. The lowest BCUT2D eigenvalue weighted by Crippen LogP contribution is -2.47. The molecule has 0 aliphatic carbocycles. The van der Waals surface area contributed by atoms with E-state index in [0.29, 0.717) is 34.9 Å². The number of pyridine rings is 1. The van der Waals surface area contributed by atoms with Gasteiger partial charge >= 0.3 is 0 Å². The molecule has 1 aliphatic rings. The van der Waals surface area contributed by atoms with Gasteiger partial charge in [-0.05, 0) is 36.5 Å². The minimum absolute atomic E-state index is 0.354. The zero-order chi connectivity index (χ0) is 20.6. The van der Waals surface area contributed by atoms with Crippen molar-refractivity contribution >= 4 is 48.0 Å². The minimum atomic E-state index is 0.354. The standard InChI is InChI=1S/C20H22Cl2N6O/c1-23-19(25-12-15-4-5-16(21)11-18(15)22)17-3-2-6-24-20(17)26-13-27-7-9-28(14-29)10-8-27/h2-6,11,14H,1,7-10,12-13H2,(H,24,26). The molecule has 9 heteroatoms. The third-order valence-corrected chi connectivity index (χ3v) is 5.23. The number of nitrogens with one attached hydrogen (secondary N) is 1. The molecule has 7 nitrogen and oxygen atoms in total. The normalized spacial score (nSPS) is 15.2. The van der Waals surface area contributed by atoms with Crippen LogP contribution in [0.2, 0.25) is 10.0 Å². The van der Waals surface area contributed by atoms with Crippen LogP contribution >= 0.6 is 23.2 Å². The van der Waals surface area contributed by atoms with Gasteiger partial charge in [0.05, 0.1) is 18.8 Å². The summed E-state index contributed by atoms with van der Waals surface area (Å²) in [6.45, 7) is 7.69. The molecule has 2 aromatic rings. The number of halogens is 2. The van der Waals surface area contributed by atoms with Crippen molar-refractivity contribution in [1.29, 1.82) is 0 Å². The number of piperazine rings is 1. The number of nitrogens with zero attached hydrogens (tertiary/aromatic N) is 5. The number of amides is 1. The van der Waals surface area contributed by atoms with Crippen molar-refractivity contribution in [3.63, 3.8) is 0 Å². The van der Waals surface area contributed by atoms with Gasteiger partial charge in [0.15, 0.2) is 5.84 Å². The van der Waals surface area contributed by atoms with Gasteiger partial charge in [0.1, 0.15) is 5.82 Å². The Morgan fingerprint density at radius 1 is 1.24 bits per heavy atom. The zero-order valence-electron chi connectivity index (χ0n) is 15.9. The minimum Gasteiger partial charge on any atom is -0.357 e. The number of hydrogen-bond donors (Lipinski definition) is 1. The number of hydrogen-bond acceptors (Lipinski definition) is 5. The summed E-state index contributed by atoms with van der Waals surface area (Å²) in [5.41, 5.74) is 1.61. The quantitative estimate of drug-likeness (QED) is 0.414. The summed E-state index contributed by atoms with van der Waals surface area (Å²) in [4.78, 5) is 27.9. The van der Waals surface area contributed by atoms with Gasteiger partial charge in [-0.1, -0.05) is 29.3 Å².